The van der Waals surface area contributed by atoms with Crippen molar-refractivity contribution >= 4 is 16.0 Å². The minimum Gasteiger partial charge on any atom is -0.387 e. The Bertz CT molecular complexity index is 1040. The number of amides is 1. The van der Waals surface area contributed by atoms with E-state index >= 15 is 0 Å². The number of aliphatic hydroxyl groups is 1. The van der Waals surface area contributed by atoms with Crippen LogP contribution < -0.4 is 5.32 Å². The summed E-state index contributed by atoms with van der Waals surface area (Å²) in [6.45, 7) is 4.55. The number of hydrogen-bond donors (Lipinski definition) is 3. The lowest BCUT2D eigenvalue weighted by Crippen LogP contribution is -2.46. The second kappa shape index (κ2) is 44.1. The highest BCUT2D eigenvalue weighted by atomic mass is 32.2. The zero-order chi connectivity index (χ0) is 41.8. The van der Waals surface area contributed by atoms with Gasteiger partial charge in [0.25, 0.3) is 10.1 Å². The Hall–Kier alpha value is -1.44. The second-order valence-electron chi connectivity index (χ2n) is 17.1. The molecule has 0 aromatic heterocycles. The average Bonchev–Trinajstić information content (AvgIpc) is 3.18. The van der Waals surface area contributed by atoms with E-state index in [0.29, 0.717) is 6.42 Å². The van der Waals surface area contributed by atoms with Gasteiger partial charge in [-0.05, 0) is 44.9 Å². The molecule has 0 bridgehead atoms. The lowest BCUT2D eigenvalue weighted by atomic mass is 10.0. The van der Waals surface area contributed by atoms with Gasteiger partial charge < -0.3 is 10.4 Å². The Labute approximate surface area is 355 Å². The normalized spacial score (nSPS) is 13.4. The van der Waals surface area contributed by atoms with E-state index in [4.69, 9.17) is 0 Å². The van der Waals surface area contributed by atoms with Gasteiger partial charge in [0.05, 0.1) is 17.9 Å². The van der Waals surface area contributed by atoms with E-state index in [1.54, 1.807) is 0 Å². The van der Waals surface area contributed by atoms with Gasteiger partial charge in [0.1, 0.15) is 0 Å². The summed E-state index contributed by atoms with van der Waals surface area (Å²) in [7, 11) is -4.36. The zero-order valence-electron chi connectivity index (χ0n) is 37.7. The monoisotopic (exact) mass is 822 g/mol. The van der Waals surface area contributed by atoms with E-state index in [-0.39, 0.29) is 12.3 Å². The van der Waals surface area contributed by atoms with E-state index in [9.17, 15) is 22.9 Å². The Balaban J connectivity index is 3.85. The van der Waals surface area contributed by atoms with Gasteiger partial charge in [-0.25, -0.2) is 0 Å². The third kappa shape index (κ3) is 45.5. The first-order chi connectivity index (χ1) is 27.8. The van der Waals surface area contributed by atoms with Gasteiger partial charge in [-0.1, -0.05) is 243 Å². The molecule has 2 atom stereocenters. The summed E-state index contributed by atoms with van der Waals surface area (Å²) in [5.74, 6) is -0.999. The van der Waals surface area contributed by atoms with Crippen LogP contribution in [0.3, 0.4) is 0 Å². The molecular formula is C50H95NO5S. The third-order valence-electron chi connectivity index (χ3n) is 11.3. The second-order valence-corrected chi connectivity index (χ2v) is 18.6. The number of carbonyl (C=O) groups is 1. The molecule has 7 heteroatoms. The molecule has 6 nitrogen and oxygen atoms in total. The van der Waals surface area contributed by atoms with Crippen molar-refractivity contribution in [2.45, 2.75) is 270 Å². The molecule has 0 saturated carbocycles. The summed E-state index contributed by atoms with van der Waals surface area (Å²) >= 11 is 0. The van der Waals surface area contributed by atoms with E-state index in [0.717, 1.165) is 38.5 Å². The molecule has 0 rings (SSSR count). The molecule has 0 heterocycles. The van der Waals surface area contributed by atoms with E-state index in [2.05, 4.69) is 43.5 Å². The summed E-state index contributed by atoms with van der Waals surface area (Å²) in [6, 6.07) is -1.08. The summed E-state index contributed by atoms with van der Waals surface area (Å²) in [5.41, 5.74) is 0. The number of aliphatic hydroxyl groups excluding tert-OH is 1. The fraction of sp³-hybridized carbons (Fsp3) is 0.860. The molecule has 336 valence electrons. The third-order valence-corrected chi connectivity index (χ3v) is 12.1. The first-order valence-electron chi connectivity index (χ1n) is 24.7. The van der Waals surface area contributed by atoms with Crippen molar-refractivity contribution in [2.75, 3.05) is 5.75 Å². The average molecular weight is 822 g/mol. The first kappa shape index (κ1) is 55.6. The Morgan fingerprint density at radius 2 is 0.754 bits per heavy atom. The molecule has 1 amide bonds. The molecule has 0 aliphatic heterocycles. The van der Waals surface area contributed by atoms with Crippen molar-refractivity contribution in [3.63, 3.8) is 0 Å². The molecule has 3 N–H and O–H groups in total. The summed E-state index contributed by atoms with van der Waals surface area (Å²) in [4.78, 5) is 12.6. The topological polar surface area (TPSA) is 104 Å². The van der Waals surface area contributed by atoms with Crippen LogP contribution >= 0.6 is 0 Å². The van der Waals surface area contributed by atoms with E-state index in [1.165, 1.54) is 199 Å². The molecule has 0 aliphatic rings. The molecule has 0 aromatic carbocycles. The Morgan fingerprint density at radius 3 is 1.11 bits per heavy atom. The predicted molar refractivity (Wildman–Crippen MR) is 249 cm³/mol. The van der Waals surface area contributed by atoms with Gasteiger partial charge in [-0.15, -0.1) is 0 Å². The van der Waals surface area contributed by atoms with Crippen molar-refractivity contribution in [2.24, 2.45) is 0 Å². The van der Waals surface area contributed by atoms with Gasteiger partial charge >= 0.3 is 0 Å². The Morgan fingerprint density at radius 1 is 0.456 bits per heavy atom. The smallest absolute Gasteiger partial charge is 0.267 e. The number of rotatable bonds is 45. The molecule has 0 saturated heterocycles. The van der Waals surface area contributed by atoms with Gasteiger partial charge in [0, 0.05) is 6.42 Å². The molecule has 2 unspecified atom stereocenters. The van der Waals surface area contributed by atoms with Crippen LogP contribution in [-0.4, -0.2) is 41.9 Å². The maximum Gasteiger partial charge on any atom is 0.267 e. The highest BCUT2D eigenvalue weighted by Gasteiger charge is 2.24. The number of hydrogen-bond acceptors (Lipinski definition) is 4. The maximum atomic E-state index is 12.6. The minimum absolute atomic E-state index is 0.287. The van der Waals surface area contributed by atoms with Gasteiger partial charge in [-0.2, -0.15) is 8.42 Å². The number of allylic oxidation sites excluding steroid dienone is 5. The van der Waals surface area contributed by atoms with Crippen LogP contribution in [0.1, 0.15) is 258 Å². The summed E-state index contributed by atoms with van der Waals surface area (Å²) in [5, 5.41) is 13.3. The lowest BCUT2D eigenvalue weighted by Gasteiger charge is -2.21. The van der Waals surface area contributed by atoms with Crippen LogP contribution in [0.25, 0.3) is 0 Å². The van der Waals surface area contributed by atoms with Crippen molar-refractivity contribution < 1.29 is 22.9 Å². The summed E-state index contributed by atoms with van der Waals surface area (Å²) < 4.78 is 32.6. The van der Waals surface area contributed by atoms with Gasteiger partial charge in [-0.3, -0.25) is 9.35 Å². The van der Waals surface area contributed by atoms with Crippen LogP contribution in [0.5, 0.6) is 0 Å². The Kier molecular flexibility index (Phi) is 43.0. The van der Waals surface area contributed by atoms with Crippen LogP contribution in [0.2, 0.25) is 0 Å². The minimum atomic E-state index is -4.36. The molecule has 0 radical (unpaired) electrons. The van der Waals surface area contributed by atoms with Crippen molar-refractivity contribution in [3.8, 4) is 0 Å². The number of nitrogens with one attached hydrogen (secondary N) is 1. The standard InChI is InChI=1S/C50H95NO5S/c1-3-5-7-9-11-13-15-17-19-21-23-25-26-28-30-32-34-36-38-40-42-44-46-50(53)51-48(47-57(54,55)56)49(52)45-43-41-39-37-35-33-31-29-27-24-22-20-18-16-14-12-10-8-6-4-2/h27,29,35,37,43,45,48-49,52H,3-26,28,30-34,36,38-42,44,46-47H2,1-2H3,(H,51,53)(H,54,55,56)/b29-27+,37-35+,45-43+. The highest BCUT2D eigenvalue weighted by molar-refractivity contribution is 7.85. The molecule has 0 aromatic rings. The van der Waals surface area contributed by atoms with Crippen molar-refractivity contribution in [1.82, 2.24) is 5.32 Å². The van der Waals surface area contributed by atoms with Crippen LogP contribution in [0.4, 0.5) is 0 Å². The summed E-state index contributed by atoms with van der Waals surface area (Å²) in [6.07, 6.45) is 58.7. The van der Waals surface area contributed by atoms with Gasteiger partial charge in [0.2, 0.25) is 5.91 Å². The van der Waals surface area contributed by atoms with Crippen LogP contribution in [0, 0.1) is 0 Å². The fourth-order valence-corrected chi connectivity index (χ4v) is 8.34. The number of carbonyl (C=O) groups excluding carboxylic acids is 1. The van der Waals surface area contributed by atoms with Crippen molar-refractivity contribution in [1.29, 1.82) is 0 Å². The molecule has 0 fully saturated rings. The first-order valence-corrected chi connectivity index (χ1v) is 26.3. The highest BCUT2D eigenvalue weighted by Crippen LogP contribution is 2.16. The largest absolute Gasteiger partial charge is 0.387 e. The SMILES string of the molecule is CCCCCCCCCCCC/C=C/CC/C=C/CC/C=C/C(O)C(CS(=O)(=O)O)NC(=O)CCCCCCCCCCCCCCCCCCCCCCCC. The van der Waals surface area contributed by atoms with E-state index in [1.807, 2.05) is 6.08 Å². The van der Waals surface area contributed by atoms with Crippen molar-refractivity contribution in [3.05, 3.63) is 36.5 Å². The molecular weight excluding hydrogens is 727 g/mol. The van der Waals surface area contributed by atoms with Crippen LogP contribution in [-0.2, 0) is 14.9 Å². The fourth-order valence-electron chi connectivity index (χ4n) is 7.60. The number of unbranched alkanes of at least 4 members (excludes halogenated alkanes) is 33. The zero-order valence-corrected chi connectivity index (χ0v) is 38.5. The lowest BCUT2D eigenvalue weighted by molar-refractivity contribution is -0.122. The van der Waals surface area contributed by atoms with Crippen LogP contribution in [0.15, 0.2) is 36.5 Å². The molecule has 57 heavy (non-hydrogen) atoms. The quantitative estimate of drug-likeness (QED) is 0.0322. The molecule has 0 spiro atoms. The van der Waals surface area contributed by atoms with E-state index < -0.39 is 28.0 Å². The molecule has 0 aliphatic carbocycles. The van der Waals surface area contributed by atoms with Gasteiger partial charge in [0.15, 0.2) is 0 Å². The maximum absolute atomic E-state index is 12.6. The predicted octanol–water partition coefficient (Wildman–Crippen LogP) is 15.3.